The maximum atomic E-state index is 9.82. The molecule has 2 atom stereocenters. The molecule has 80 valence electrons. The monoisotopic (exact) mass is 205 g/mol. The lowest BCUT2D eigenvalue weighted by molar-refractivity contribution is 0.142. The van der Waals surface area contributed by atoms with E-state index in [-0.39, 0.29) is 0 Å². The maximum Gasteiger partial charge on any atom is 0.0945 e. The molecule has 2 unspecified atom stereocenters. The number of aliphatic hydroxyl groups excluding tert-OH is 1. The zero-order valence-corrected chi connectivity index (χ0v) is 8.97. The van der Waals surface area contributed by atoms with E-state index >= 15 is 0 Å². The quantitative estimate of drug-likeness (QED) is 0.818. The van der Waals surface area contributed by atoms with E-state index in [1.54, 1.807) is 14.0 Å². The van der Waals surface area contributed by atoms with Crippen molar-refractivity contribution in [3.63, 3.8) is 0 Å². The van der Waals surface area contributed by atoms with E-state index in [1.807, 2.05) is 30.3 Å². The molecule has 0 amide bonds. The van der Waals surface area contributed by atoms with E-state index in [1.165, 1.54) is 0 Å². The van der Waals surface area contributed by atoms with Crippen molar-refractivity contribution in [1.82, 2.24) is 0 Å². The van der Waals surface area contributed by atoms with Gasteiger partial charge in [-0.25, -0.2) is 0 Å². The van der Waals surface area contributed by atoms with Crippen molar-refractivity contribution in [2.24, 2.45) is 5.92 Å². The normalized spacial score (nSPS) is 14.3. The summed E-state index contributed by atoms with van der Waals surface area (Å²) in [5, 5.41) is 18.5. The van der Waals surface area contributed by atoms with Gasteiger partial charge < -0.3 is 9.84 Å². The molecule has 1 aromatic rings. The van der Waals surface area contributed by atoms with Crippen molar-refractivity contribution in [2.75, 3.05) is 7.11 Å². The first-order valence-corrected chi connectivity index (χ1v) is 4.84. The third kappa shape index (κ3) is 3.05. The first kappa shape index (κ1) is 11.7. The second-order valence-electron chi connectivity index (χ2n) is 3.54. The Morgan fingerprint density at radius 2 is 2.27 bits per heavy atom. The molecule has 1 rings (SSSR count). The minimum absolute atomic E-state index is 0.400. The third-order valence-electron chi connectivity index (χ3n) is 2.28. The van der Waals surface area contributed by atoms with Gasteiger partial charge in [-0.3, -0.25) is 0 Å². The number of nitriles is 1. The van der Waals surface area contributed by atoms with Gasteiger partial charge >= 0.3 is 0 Å². The lowest BCUT2D eigenvalue weighted by Crippen LogP contribution is -2.07. The highest BCUT2D eigenvalue weighted by molar-refractivity contribution is 5.25. The first-order chi connectivity index (χ1) is 7.19. The highest BCUT2D eigenvalue weighted by atomic mass is 16.5. The molecule has 0 heterocycles. The van der Waals surface area contributed by atoms with Crippen LogP contribution in [-0.2, 0) is 11.3 Å². The Balaban J connectivity index is 2.85. The summed E-state index contributed by atoms with van der Waals surface area (Å²) in [6, 6.07) is 9.50. The molecule has 0 radical (unpaired) electrons. The predicted molar refractivity (Wildman–Crippen MR) is 56.9 cm³/mol. The van der Waals surface area contributed by atoms with Crippen LogP contribution >= 0.6 is 0 Å². The summed E-state index contributed by atoms with van der Waals surface area (Å²) >= 11 is 0. The van der Waals surface area contributed by atoms with Crippen molar-refractivity contribution in [1.29, 1.82) is 5.26 Å². The number of aliphatic hydroxyl groups is 1. The van der Waals surface area contributed by atoms with Crippen LogP contribution in [0.5, 0.6) is 0 Å². The second-order valence-corrected chi connectivity index (χ2v) is 3.54. The zero-order chi connectivity index (χ0) is 11.3. The molecule has 0 fully saturated rings. The van der Waals surface area contributed by atoms with E-state index < -0.39 is 12.0 Å². The smallest absolute Gasteiger partial charge is 0.0945 e. The fraction of sp³-hybridized carbons (Fsp3) is 0.417. The number of nitrogens with zero attached hydrogens (tertiary/aromatic N) is 1. The van der Waals surface area contributed by atoms with E-state index in [0.717, 1.165) is 11.1 Å². The zero-order valence-electron chi connectivity index (χ0n) is 8.97. The summed E-state index contributed by atoms with van der Waals surface area (Å²) < 4.78 is 5.00. The summed E-state index contributed by atoms with van der Waals surface area (Å²) in [4.78, 5) is 0. The molecule has 3 heteroatoms. The second kappa shape index (κ2) is 5.50. The van der Waals surface area contributed by atoms with Gasteiger partial charge in [-0.15, -0.1) is 0 Å². The minimum atomic E-state index is -0.730. The van der Waals surface area contributed by atoms with Crippen LogP contribution in [0.4, 0.5) is 0 Å². The minimum Gasteiger partial charge on any atom is -0.387 e. The standard InChI is InChI=1S/C12H15NO2/c1-9(7-13)12(14)11-5-3-4-10(6-11)8-15-2/h3-6,9,12,14H,8H2,1-2H3. The summed E-state index contributed by atoms with van der Waals surface area (Å²) in [6.45, 7) is 2.22. The maximum absolute atomic E-state index is 9.82. The molecule has 3 nitrogen and oxygen atoms in total. The van der Waals surface area contributed by atoms with Crippen LogP contribution < -0.4 is 0 Å². The summed E-state index contributed by atoms with van der Waals surface area (Å²) in [5.74, 6) is -0.400. The van der Waals surface area contributed by atoms with Crippen LogP contribution in [0, 0.1) is 17.2 Å². The van der Waals surface area contributed by atoms with E-state index in [9.17, 15) is 5.11 Å². The molecule has 0 saturated heterocycles. The molecular formula is C12H15NO2. The van der Waals surface area contributed by atoms with Gasteiger partial charge in [-0.1, -0.05) is 24.3 Å². The van der Waals surface area contributed by atoms with Gasteiger partial charge in [0.2, 0.25) is 0 Å². The SMILES string of the molecule is COCc1cccc(C(O)C(C)C#N)c1. The summed E-state index contributed by atoms with van der Waals surface area (Å²) in [6.07, 6.45) is -0.730. The van der Waals surface area contributed by atoms with E-state index in [0.29, 0.717) is 6.61 Å². The Hall–Kier alpha value is -1.37. The number of benzene rings is 1. The molecule has 0 spiro atoms. The fourth-order valence-electron chi connectivity index (χ4n) is 1.39. The van der Waals surface area contributed by atoms with Crippen LogP contribution in [-0.4, -0.2) is 12.2 Å². The van der Waals surface area contributed by atoms with Crippen molar-refractivity contribution in [3.05, 3.63) is 35.4 Å². The van der Waals surface area contributed by atoms with Gasteiger partial charge in [-0.2, -0.15) is 5.26 Å². The highest BCUT2D eigenvalue weighted by Gasteiger charge is 2.15. The van der Waals surface area contributed by atoms with Crippen LogP contribution in [0.15, 0.2) is 24.3 Å². The highest BCUT2D eigenvalue weighted by Crippen LogP contribution is 2.22. The van der Waals surface area contributed by atoms with Crippen LogP contribution in [0.2, 0.25) is 0 Å². The molecule has 0 aliphatic heterocycles. The largest absolute Gasteiger partial charge is 0.387 e. The Labute approximate surface area is 89.9 Å². The van der Waals surface area contributed by atoms with Gasteiger partial charge in [0.15, 0.2) is 0 Å². The Kier molecular flexibility index (Phi) is 4.29. The van der Waals surface area contributed by atoms with E-state index in [4.69, 9.17) is 10.00 Å². The molecule has 0 aliphatic rings. The van der Waals surface area contributed by atoms with Crippen molar-refractivity contribution < 1.29 is 9.84 Å². The lowest BCUT2D eigenvalue weighted by atomic mass is 9.97. The van der Waals surface area contributed by atoms with Crippen molar-refractivity contribution in [3.8, 4) is 6.07 Å². The fourth-order valence-corrected chi connectivity index (χ4v) is 1.39. The molecule has 1 N–H and O–H groups in total. The molecule has 1 aromatic carbocycles. The summed E-state index contributed by atoms with van der Waals surface area (Å²) in [5.41, 5.74) is 1.76. The number of hydrogen-bond donors (Lipinski definition) is 1. The van der Waals surface area contributed by atoms with Crippen LogP contribution in [0.1, 0.15) is 24.2 Å². The molecule has 0 bridgehead atoms. The average molecular weight is 205 g/mol. The topological polar surface area (TPSA) is 53.2 Å². The van der Waals surface area contributed by atoms with Gasteiger partial charge in [0.05, 0.1) is 24.7 Å². The van der Waals surface area contributed by atoms with Crippen LogP contribution in [0.25, 0.3) is 0 Å². The van der Waals surface area contributed by atoms with Crippen LogP contribution in [0.3, 0.4) is 0 Å². The lowest BCUT2D eigenvalue weighted by Gasteiger charge is -2.13. The summed E-state index contributed by atoms with van der Waals surface area (Å²) in [7, 11) is 1.63. The van der Waals surface area contributed by atoms with E-state index in [2.05, 4.69) is 0 Å². The third-order valence-corrected chi connectivity index (χ3v) is 2.28. The molecule has 0 aliphatic carbocycles. The van der Waals surface area contributed by atoms with Gasteiger partial charge in [0.25, 0.3) is 0 Å². The molecule has 0 saturated carbocycles. The average Bonchev–Trinajstić information content (AvgIpc) is 2.28. The van der Waals surface area contributed by atoms with Gasteiger partial charge in [0, 0.05) is 7.11 Å². The van der Waals surface area contributed by atoms with Crippen molar-refractivity contribution in [2.45, 2.75) is 19.6 Å². The first-order valence-electron chi connectivity index (χ1n) is 4.84. The molecule has 0 aromatic heterocycles. The molecular weight excluding hydrogens is 190 g/mol. The number of rotatable bonds is 4. The van der Waals surface area contributed by atoms with Gasteiger partial charge in [0.1, 0.15) is 0 Å². The van der Waals surface area contributed by atoms with Gasteiger partial charge in [-0.05, 0) is 18.1 Å². The Morgan fingerprint density at radius 3 is 2.87 bits per heavy atom. The molecule has 15 heavy (non-hydrogen) atoms. The number of ether oxygens (including phenoxy) is 1. The van der Waals surface area contributed by atoms with Crippen molar-refractivity contribution >= 4 is 0 Å². The Morgan fingerprint density at radius 1 is 1.53 bits per heavy atom. The Bertz CT molecular complexity index is 357. The number of hydrogen-bond acceptors (Lipinski definition) is 3. The number of methoxy groups -OCH3 is 1. The predicted octanol–water partition coefficient (Wildman–Crippen LogP) is 2.03.